The van der Waals surface area contributed by atoms with E-state index in [1.165, 1.54) is 22.0 Å². The molecular formula is C13H9ClN2O3S. The number of carbonyl (C=O) groups is 1. The fourth-order valence-corrected chi connectivity index (χ4v) is 3.21. The SMILES string of the molecule is O=C(O)c1cccc2[nH]c(=O)n(Cc3ccc(Cl)s3)c12. The zero-order valence-corrected chi connectivity index (χ0v) is 11.7. The normalized spacial score (nSPS) is 11.1. The van der Waals surface area contributed by atoms with Crippen molar-refractivity contribution in [3.05, 3.63) is 55.6 Å². The molecule has 0 amide bonds. The second kappa shape index (κ2) is 4.81. The number of hydrogen-bond donors (Lipinski definition) is 2. The Bertz CT molecular complexity index is 862. The molecule has 0 unspecified atom stereocenters. The van der Waals surface area contributed by atoms with E-state index >= 15 is 0 Å². The van der Waals surface area contributed by atoms with E-state index in [4.69, 9.17) is 11.6 Å². The first-order chi connectivity index (χ1) is 9.56. The minimum atomic E-state index is -1.06. The first-order valence-corrected chi connectivity index (χ1v) is 6.95. The Morgan fingerprint density at radius 3 is 2.80 bits per heavy atom. The lowest BCUT2D eigenvalue weighted by atomic mass is 10.2. The molecular weight excluding hydrogens is 300 g/mol. The van der Waals surface area contributed by atoms with E-state index in [1.54, 1.807) is 18.2 Å². The Balaban J connectivity index is 2.21. The summed E-state index contributed by atoms with van der Waals surface area (Å²) < 4.78 is 2.05. The minimum absolute atomic E-state index is 0.100. The van der Waals surface area contributed by atoms with Gasteiger partial charge in [-0.2, -0.15) is 0 Å². The molecule has 0 aliphatic rings. The molecule has 0 aliphatic heterocycles. The van der Waals surface area contributed by atoms with Crippen molar-refractivity contribution in [3.8, 4) is 0 Å². The first kappa shape index (κ1) is 13.0. The third kappa shape index (κ3) is 2.13. The highest BCUT2D eigenvalue weighted by atomic mass is 35.5. The second-order valence-electron chi connectivity index (χ2n) is 4.23. The molecule has 7 heteroatoms. The van der Waals surface area contributed by atoms with Gasteiger partial charge in [-0.25, -0.2) is 9.59 Å². The third-order valence-corrected chi connectivity index (χ3v) is 4.18. The van der Waals surface area contributed by atoms with Crippen molar-refractivity contribution in [2.24, 2.45) is 0 Å². The topological polar surface area (TPSA) is 75.1 Å². The first-order valence-electron chi connectivity index (χ1n) is 5.75. The summed E-state index contributed by atoms with van der Waals surface area (Å²) in [6.45, 7) is 0.292. The van der Waals surface area contributed by atoms with Crippen molar-refractivity contribution in [2.45, 2.75) is 6.54 Å². The van der Waals surface area contributed by atoms with Crippen LogP contribution >= 0.6 is 22.9 Å². The molecule has 2 N–H and O–H groups in total. The van der Waals surface area contributed by atoms with Crippen LogP contribution in [0.25, 0.3) is 11.0 Å². The van der Waals surface area contributed by atoms with Gasteiger partial charge in [0.25, 0.3) is 0 Å². The smallest absolute Gasteiger partial charge is 0.337 e. The van der Waals surface area contributed by atoms with Gasteiger partial charge in [0.2, 0.25) is 0 Å². The molecule has 5 nitrogen and oxygen atoms in total. The lowest BCUT2D eigenvalue weighted by Gasteiger charge is -2.04. The number of fused-ring (bicyclic) bond motifs is 1. The molecule has 102 valence electrons. The number of para-hydroxylation sites is 1. The molecule has 2 heterocycles. The van der Waals surface area contributed by atoms with Gasteiger partial charge in [-0.3, -0.25) is 4.57 Å². The number of aromatic nitrogens is 2. The number of imidazole rings is 1. The van der Waals surface area contributed by atoms with E-state index < -0.39 is 5.97 Å². The minimum Gasteiger partial charge on any atom is -0.478 e. The van der Waals surface area contributed by atoms with Gasteiger partial charge in [0, 0.05) is 4.88 Å². The van der Waals surface area contributed by atoms with Crippen LogP contribution < -0.4 is 5.69 Å². The summed E-state index contributed by atoms with van der Waals surface area (Å²) in [7, 11) is 0. The second-order valence-corrected chi connectivity index (χ2v) is 6.03. The third-order valence-electron chi connectivity index (χ3n) is 2.97. The van der Waals surface area contributed by atoms with Crippen LogP contribution in [0.1, 0.15) is 15.2 Å². The van der Waals surface area contributed by atoms with E-state index in [2.05, 4.69) is 4.98 Å². The number of carboxylic acids is 1. The highest BCUT2D eigenvalue weighted by molar-refractivity contribution is 7.16. The maximum absolute atomic E-state index is 12.0. The van der Waals surface area contributed by atoms with Crippen LogP contribution in [0.3, 0.4) is 0 Å². The average Bonchev–Trinajstić information content (AvgIpc) is 2.94. The number of halogens is 1. The largest absolute Gasteiger partial charge is 0.478 e. The summed E-state index contributed by atoms with van der Waals surface area (Å²) >= 11 is 7.23. The van der Waals surface area contributed by atoms with Gasteiger partial charge >= 0.3 is 11.7 Å². The van der Waals surface area contributed by atoms with Crippen molar-refractivity contribution >= 4 is 39.9 Å². The number of aromatic amines is 1. The Kier molecular flexibility index (Phi) is 3.11. The Labute approximate surface area is 122 Å². The van der Waals surface area contributed by atoms with E-state index in [1.807, 2.05) is 6.07 Å². The molecule has 3 aromatic rings. The van der Waals surface area contributed by atoms with Gasteiger partial charge < -0.3 is 10.1 Å². The van der Waals surface area contributed by atoms with Crippen LogP contribution in [0, 0.1) is 0 Å². The maximum Gasteiger partial charge on any atom is 0.337 e. The summed E-state index contributed by atoms with van der Waals surface area (Å²) in [5.41, 5.74) is 0.675. The fourth-order valence-electron chi connectivity index (χ4n) is 2.14. The summed E-state index contributed by atoms with van der Waals surface area (Å²) in [6, 6.07) is 8.34. The lowest BCUT2D eigenvalue weighted by Crippen LogP contribution is -2.17. The van der Waals surface area contributed by atoms with Crippen LogP contribution in [0.4, 0.5) is 0 Å². The van der Waals surface area contributed by atoms with E-state index in [0.717, 1.165) is 4.88 Å². The predicted molar refractivity (Wildman–Crippen MR) is 77.9 cm³/mol. The molecule has 0 saturated heterocycles. The Morgan fingerprint density at radius 2 is 2.15 bits per heavy atom. The number of nitrogens with zero attached hydrogens (tertiary/aromatic N) is 1. The summed E-state index contributed by atoms with van der Waals surface area (Å²) in [5, 5.41) is 9.24. The molecule has 0 atom stereocenters. The van der Waals surface area contributed by atoms with E-state index in [0.29, 0.717) is 21.9 Å². The number of carboxylic acid groups (broad SMARTS) is 1. The predicted octanol–water partition coefficient (Wildman–Crippen LogP) is 2.79. The summed E-state index contributed by atoms with van der Waals surface area (Å²) in [5.74, 6) is -1.06. The number of hydrogen-bond acceptors (Lipinski definition) is 3. The highest BCUT2D eigenvalue weighted by Crippen LogP contribution is 2.24. The van der Waals surface area contributed by atoms with Crippen LogP contribution in [-0.2, 0) is 6.54 Å². The zero-order valence-electron chi connectivity index (χ0n) is 10.1. The van der Waals surface area contributed by atoms with Crippen molar-refractivity contribution in [2.75, 3.05) is 0 Å². The number of rotatable bonds is 3. The molecule has 20 heavy (non-hydrogen) atoms. The van der Waals surface area contributed by atoms with Crippen LogP contribution in [0.5, 0.6) is 0 Å². The van der Waals surface area contributed by atoms with Gasteiger partial charge in [-0.1, -0.05) is 17.7 Å². The van der Waals surface area contributed by atoms with Crippen LogP contribution in [0.15, 0.2) is 35.1 Å². The van der Waals surface area contributed by atoms with Gasteiger partial charge in [-0.15, -0.1) is 11.3 Å². The van der Waals surface area contributed by atoms with Crippen LogP contribution in [0.2, 0.25) is 4.34 Å². The van der Waals surface area contributed by atoms with Crippen LogP contribution in [-0.4, -0.2) is 20.6 Å². The molecule has 0 saturated carbocycles. The molecule has 2 aromatic heterocycles. The molecule has 0 radical (unpaired) electrons. The number of aromatic carboxylic acids is 1. The molecule has 0 spiro atoms. The number of nitrogens with one attached hydrogen (secondary N) is 1. The summed E-state index contributed by atoms with van der Waals surface area (Å²) in [4.78, 5) is 26.8. The van der Waals surface area contributed by atoms with Crippen molar-refractivity contribution in [3.63, 3.8) is 0 Å². The van der Waals surface area contributed by atoms with Gasteiger partial charge in [0.05, 0.1) is 27.5 Å². The molecule has 1 aromatic carbocycles. The van der Waals surface area contributed by atoms with Gasteiger partial charge in [-0.05, 0) is 24.3 Å². The zero-order chi connectivity index (χ0) is 14.3. The summed E-state index contributed by atoms with van der Waals surface area (Å²) in [6.07, 6.45) is 0. The molecule has 0 fully saturated rings. The number of H-pyrrole nitrogens is 1. The number of benzene rings is 1. The fraction of sp³-hybridized carbons (Fsp3) is 0.0769. The van der Waals surface area contributed by atoms with Gasteiger partial charge in [0.15, 0.2) is 0 Å². The monoisotopic (exact) mass is 308 g/mol. The van der Waals surface area contributed by atoms with Crippen molar-refractivity contribution < 1.29 is 9.90 Å². The molecule has 3 rings (SSSR count). The average molecular weight is 309 g/mol. The molecule has 0 aliphatic carbocycles. The molecule has 0 bridgehead atoms. The standard InChI is InChI=1S/C13H9ClN2O3S/c14-10-5-4-7(20-10)6-16-11-8(12(17)18)2-1-3-9(11)15-13(16)19/h1-5H,6H2,(H,15,19)(H,17,18). The van der Waals surface area contributed by atoms with E-state index in [9.17, 15) is 14.7 Å². The van der Waals surface area contributed by atoms with Crippen molar-refractivity contribution in [1.29, 1.82) is 0 Å². The Hall–Kier alpha value is -2.05. The lowest BCUT2D eigenvalue weighted by molar-refractivity contribution is 0.0698. The number of thiophene rings is 1. The highest BCUT2D eigenvalue weighted by Gasteiger charge is 2.16. The maximum atomic E-state index is 12.0. The van der Waals surface area contributed by atoms with E-state index in [-0.39, 0.29) is 11.3 Å². The van der Waals surface area contributed by atoms with Gasteiger partial charge in [0.1, 0.15) is 0 Å². The quantitative estimate of drug-likeness (QED) is 0.781. The van der Waals surface area contributed by atoms with Crippen molar-refractivity contribution in [1.82, 2.24) is 9.55 Å². The Morgan fingerprint density at radius 1 is 1.35 bits per heavy atom.